The van der Waals surface area contributed by atoms with Gasteiger partial charge in [-0.1, -0.05) is 0 Å². The largest absolute Gasteiger partial charge is 0.471 e. The highest BCUT2D eigenvalue weighted by Crippen LogP contribution is 2.35. The van der Waals surface area contributed by atoms with Gasteiger partial charge in [-0.05, 0) is 47.2 Å². The van der Waals surface area contributed by atoms with Gasteiger partial charge in [0.05, 0.1) is 30.5 Å². The molecule has 3 aliphatic heterocycles. The summed E-state index contributed by atoms with van der Waals surface area (Å²) in [7, 11) is 2.00. The first-order chi connectivity index (χ1) is 16.8. The van der Waals surface area contributed by atoms with Gasteiger partial charge in [0.25, 0.3) is 0 Å². The number of hydrogen-bond acceptors (Lipinski definition) is 8. The molecule has 0 spiro atoms. The molecule has 4 heterocycles. The molecule has 13 heteroatoms. The number of fused-ring (bicyclic) bond motifs is 1. The van der Waals surface area contributed by atoms with Gasteiger partial charge in [0.1, 0.15) is 12.2 Å². The van der Waals surface area contributed by atoms with Gasteiger partial charge in [0.2, 0.25) is 0 Å². The zero-order valence-electron chi connectivity index (χ0n) is 21.0. The van der Waals surface area contributed by atoms with Crippen molar-refractivity contribution < 1.29 is 32.2 Å². The fraction of sp³-hybridized carbons (Fsp3) is 0.739. The summed E-state index contributed by atoms with van der Waals surface area (Å²) >= 11 is 0. The van der Waals surface area contributed by atoms with Crippen LogP contribution in [-0.4, -0.2) is 94.3 Å². The third kappa shape index (κ3) is 5.83. The lowest BCUT2D eigenvalue weighted by Crippen LogP contribution is -2.50. The van der Waals surface area contributed by atoms with Crippen LogP contribution >= 0.6 is 0 Å². The van der Waals surface area contributed by atoms with E-state index in [1.54, 1.807) is 20.8 Å². The van der Waals surface area contributed by atoms with Crippen LogP contribution in [0.5, 0.6) is 6.01 Å². The number of carbonyl (C=O) groups excluding carboxylic acids is 2. The second-order valence-electron chi connectivity index (χ2n) is 10.5. The van der Waals surface area contributed by atoms with Crippen molar-refractivity contribution in [1.29, 1.82) is 0 Å². The van der Waals surface area contributed by atoms with E-state index in [1.807, 2.05) is 7.05 Å². The molecule has 2 saturated heterocycles. The number of alkyl halides is 3. The van der Waals surface area contributed by atoms with E-state index in [2.05, 4.69) is 20.2 Å². The van der Waals surface area contributed by atoms with E-state index in [0.29, 0.717) is 48.1 Å². The van der Waals surface area contributed by atoms with Gasteiger partial charge in [-0.25, -0.2) is 4.79 Å². The summed E-state index contributed by atoms with van der Waals surface area (Å²) in [6, 6.07) is -0.411. The minimum absolute atomic E-state index is 0.0278. The van der Waals surface area contributed by atoms with Crippen LogP contribution in [0.4, 0.5) is 18.0 Å². The number of ether oxygens (including phenoxy) is 2. The maximum atomic E-state index is 13.2. The molecule has 10 nitrogen and oxygen atoms in total. The van der Waals surface area contributed by atoms with Crippen LogP contribution in [0.1, 0.15) is 56.6 Å². The van der Waals surface area contributed by atoms with Gasteiger partial charge in [0, 0.05) is 31.2 Å². The number of carbonyl (C=O) groups is 2. The number of hydrogen-bond donors (Lipinski definition) is 1. The number of likely N-dealkylation sites (tertiary alicyclic amines) is 1. The standard InChI is InChI=1S/C23H33F3N6O4/c1-22(2,3)36-21(34)32-9-7-27-10-17(32)18-15-11-31(19(33)23(24,25)26)12-16(15)28-20(29-18)35-13-14-6-5-8-30(14)4/h14,17,27H,5-13H2,1-4H3. The summed E-state index contributed by atoms with van der Waals surface area (Å²) < 4.78 is 51.0. The van der Waals surface area contributed by atoms with Crippen molar-refractivity contribution in [2.75, 3.05) is 39.8 Å². The SMILES string of the molecule is CN1CCCC1COc1nc2c(c(C3CNCCN3C(=O)OC(C)(C)C)n1)CN(C(=O)C(F)(F)F)C2. The van der Waals surface area contributed by atoms with Crippen LogP contribution in [0.3, 0.4) is 0 Å². The Labute approximate surface area is 208 Å². The van der Waals surface area contributed by atoms with E-state index >= 15 is 0 Å². The first-order valence-corrected chi connectivity index (χ1v) is 12.1. The number of rotatable bonds is 4. The van der Waals surface area contributed by atoms with Crippen LogP contribution < -0.4 is 10.1 Å². The van der Waals surface area contributed by atoms with E-state index in [-0.39, 0.29) is 25.1 Å². The van der Waals surface area contributed by atoms with Crippen molar-refractivity contribution in [2.24, 2.45) is 0 Å². The Kier molecular flexibility index (Phi) is 7.33. The normalized spacial score (nSPS) is 23.1. The monoisotopic (exact) mass is 514 g/mol. The Morgan fingerprint density at radius 3 is 2.53 bits per heavy atom. The average Bonchev–Trinajstić information content (AvgIpc) is 3.40. The van der Waals surface area contributed by atoms with E-state index < -0.39 is 29.8 Å². The molecule has 0 saturated carbocycles. The summed E-state index contributed by atoms with van der Waals surface area (Å²) in [5.74, 6) is -1.94. The highest BCUT2D eigenvalue weighted by Gasteiger charge is 2.46. The molecule has 4 rings (SSSR count). The Morgan fingerprint density at radius 1 is 1.14 bits per heavy atom. The summed E-state index contributed by atoms with van der Waals surface area (Å²) in [6.45, 7) is 7.14. The Morgan fingerprint density at radius 2 is 1.89 bits per heavy atom. The lowest BCUT2D eigenvalue weighted by Gasteiger charge is -2.37. The molecule has 0 aromatic carbocycles. The van der Waals surface area contributed by atoms with Gasteiger partial charge in [-0.2, -0.15) is 23.1 Å². The number of amides is 2. The number of likely N-dealkylation sites (N-methyl/N-ethyl adjacent to an activating group) is 1. The smallest absolute Gasteiger partial charge is 0.462 e. The van der Waals surface area contributed by atoms with Crippen molar-refractivity contribution in [3.8, 4) is 6.01 Å². The molecule has 2 amide bonds. The summed E-state index contributed by atoms with van der Waals surface area (Å²) in [6.07, 6.45) is -3.54. The zero-order valence-corrected chi connectivity index (χ0v) is 21.0. The van der Waals surface area contributed by atoms with Crippen molar-refractivity contribution in [3.05, 3.63) is 17.0 Å². The van der Waals surface area contributed by atoms with Crippen molar-refractivity contribution >= 4 is 12.0 Å². The van der Waals surface area contributed by atoms with Gasteiger partial charge in [0.15, 0.2) is 0 Å². The van der Waals surface area contributed by atoms with Gasteiger partial charge in [-0.15, -0.1) is 0 Å². The molecule has 2 fully saturated rings. The Bertz CT molecular complexity index is 999. The molecular formula is C23H33F3N6O4. The maximum Gasteiger partial charge on any atom is 0.471 e. The second-order valence-corrected chi connectivity index (χ2v) is 10.5. The lowest BCUT2D eigenvalue weighted by molar-refractivity contribution is -0.186. The summed E-state index contributed by atoms with van der Waals surface area (Å²) in [4.78, 5) is 38.3. The second kappa shape index (κ2) is 10.0. The molecule has 1 aromatic heterocycles. The summed E-state index contributed by atoms with van der Waals surface area (Å²) in [5.41, 5.74) is 0.338. The lowest BCUT2D eigenvalue weighted by atomic mass is 10.0. The zero-order chi connectivity index (χ0) is 26.3. The van der Waals surface area contributed by atoms with Crippen molar-refractivity contribution in [2.45, 2.75) is 70.6 Å². The molecule has 36 heavy (non-hydrogen) atoms. The number of aromatic nitrogens is 2. The molecule has 2 atom stereocenters. The van der Waals surface area contributed by atoms with E-state index in [9.17, 15) is 22.8 Å². The summed E-state index contributed by atoms with van der Waals surface area (Å²) in [5, 5.41) is 3.21. The van der Waals surface area contributed by atoms with Gasteiger partial charge in [-0.3, -0.25) is 9.69 Å². The van der Waals surface area contributed by atoms with Crippen molar-refractivity contribution in [3.63, 3.8) is 0 Å². The molecule has 1 aromatic rings. The molecule has 0 radical (unpaired) electrons. The minimum Gasteiger partial charge on any atom is -0.462 e. The molecule has 3 aliphatic rings. The maximum absolute atomic E-state index is 13.2. The average molecular weight is 515 g/mol. The molecule has 200 valence electrons. The highest BCUT2D eigenvalue weighted by atomic mass is 19.4. The molecule has 1 N–H and O–H groups in total. The van der Waals surface area contributed by atoms with Crippen LogP contribution in [-0.2, 0) is 22.6 Å². The number of nitrogens with one attached hydrogen (secondary N) is 1. The number of piperazine rings is 1. The first kappa shape index (κ1) is 26.4. The van der Waals surface area contributed by atoms with Crippen LogP contribution in [0, 0.1) is 0 Å². The molecular weight excluding hydrogens is 481 g/mol. The van der Waals surface area contributed by atoms with Crippen LogP contribution in [0.25, 0.3) is 0 Å². The topological polar surface area (TPSA) is 100 Å². The highest BCUT2D eigenvalue weighted by molar-refractivity contribution is 5.82. The van der Waals surface area contributed by atoms with Crippen molar-refractivity contribution in [1.82, 2.24) is 30.0 Å². The first-order valence-electron chi connectivity index (χ1n) is 12.1. The van der Waals surface area contributed by atoms with Crippen LogP contribution in [0.2, 0.25) is 0 Å². The number of halogens is 3. The van der Waals surface area contributed by atoms with Crippen LogP contribution in [0.15, 0.2) is 0 Å². The quantitative estimate of drug-likeness (QED) is 0.653. The fourth-order valence-corrected chi connectivity index (χ4v) is 4.77. The Balaban J connectivity index is 1.66. The minimum atomic E-state index is -5.00. The molecule has 2 unspecified atom stereocenters. The third-order valence-electron chi connectivity index (χ3n) is 6.59. The predicted molar refractivity (Wildman–Crippen MR) is 122 cm³/mol. The van der Waals surface area contributed by atoms with E-state index in [1.165, 1.54) is 4.90 Å². The number of nitrogens with zero attached hydrogens (tertiary/aromatic N) is 5. The van der Waals surface area contributed by atoms with E-state index in [0.717, 1.165) is 19.4 Å². The van der Waals surface area contributed by atoms with Gasteiger partial charge < -0.3 is 24.6 Å². The predicted octanol–water partition coefficient (Wildman–Crippen LogP) is 2.24. The van der Waals surface area contributed by atoms with E-state index in [4.69, 9.17) is 9.47 Å². The van der Waals surface area contributed by atoms with Gasteiger partial charge >= 0.3 is 24.2 Å². The molecule has 0 bridgehead atoms. The Hall–Kier alpha value is -2.67. The third-order valence-corrected chi connectivity index (χ3v) is 6.59. The molecule has 0 aliphatic carbocycles. The fourth-order valence-electron chi connectivity index (χ4n) is 4.77.